The Morgan fingerprint density at radius 1 is 1.06 bits per heavy atom. The maximum absolute atomic E-state index is 15.4. The highest BCUT2D eigenvalue weighted by molar-refractivity contribution is 7.11. The summed E-state index contributed by atoms with van der Waals surface area (Å²) < 4.78 is 48.9. The number of nitrogens with zero attached hydrogens (tertiary/aromatic N) is 5. The molecule has 2 saturated heterocycles. The van der Waals surface area contributed by atoms with Crippen LogP contribution in [0.15, 0.2) is 82.4 Å². The van der Waals surface area contributed by atoms with Crippen LogP contribution in [0.2, 0.25) is 5.02 Å². The Bertz CT molecular complexity index is 2130. The number of aromatic nitrogens is 1. The Morgan fingerprint density at radius 3 is 2.57 bits per heavy atom. The van der Waals surface area contributed by atoms with E-state index < -0.39 is 41.0 Å². The molecule has 0 bridgehead atoms. The number of urea groups is 1. The number of ether oxygens (including phenoxy) is 1. The van der Waals surface area contributed by atoms with Crippen LogP contribution in [0.1, 0.15) is 27.0 Å². The van der Waals surface area contributed by atoms with E-state index in [1.54, 1.807) is 22.5 Å². The molecular formula is C35H28ClF3N6O5S. The summed E-state index contributed by atoms with van der Waals surface area (Å²) in [6, 6.07) is 9.96. The number of carbonyl (C=O) groups is 3. The molecule has 16 heteroatoms. The standard InChI is InChI=1S/C35H28ClF3N6O5S/c1-50-34(48)29-28(41-31(32-40-8-11-51-32)42-30(29)23-6-3-19(37)13-25(23)36)17-43-9-10-44-21(15-43)16-45(35(44)49)20-4-7-22(27(39)14-20)18-2-5-24(33(46)47)26(38)12-18/h2-8,11-14,21,30H,9-10,15-17H2,1H3,(H,41,42)(H,46,47)/t21-,30?/m0/s1. The first-order valence-electron chi connectivity index (χ1n) is 15.7. The maximum Gasteiger partial charge on any atom is 0.338 e. The molecule has 4 heterocycles. The fourth-order valence-electron chi connectivity index (χ4n) is 6.58. The van der Waals surface area contributed by atoms with Crippen LogP contribution in [0.5, 0.6) is 0 Å². The molecule has 3 aromatic carbocycles. The van der Waals surface area contributed by atoms with E-state index in [1.807, 2.05) is 0 Å². The minimum Gasteiger partial charge on any atom is -0.478 e. The summed E-state index contributed by atoms with van der Waals surface area (Å²) in [6.45, 7) is 1.72. The average molecular weight is 737 g/mol. The first-order valence-corrected chi connectivity index (χ1v) is 16.9. The molecule has 4 aromatic rings. The second kappa shape index (κ2) is 13.8. The zero-order chi connectivity index (χ0) is 36.0. The van der Waals surface area contributed by atoms with Crippen molar-refractivity contribution in [3.63, 3.8) is 0 Å². The molecule has 2 fully saturated rings. The van der Waals surface area contributed by atoms with Gasteiger partial charge in [0.15, 0.2) is 10.8 Å². The third kappa shape index (κ3) is 6.55. The Labute approximate surface area is 298 Å². The summed E-state index contributed by atoms with van der Waals surface area (Å²) >= 11 is 7.82. The molecule has 11 nitrogen and oxygen atoms in total. The lowest BCUT2D eigenvalue weighted by molar-refractivity contribution is -0.136. The minimum absolute atomic E-state index is 0.0562. The van der Waals surface area contributed by atoms with E-state index in [9.17, 15) is 23.2 Å². The predicted octanol–water partition coefficient (Wildman–Crippen LogP) is 5.72. The third-order valence-electron chi connectivity index (χ3n) is 9.02. The van der Waals surface area contributed by atoms with Crippen LogP contribution < -0.4 is 10.2 Å². The van der Waals surface area contributed by atoms with Gasteiger partial charge in [-0.3, -0.25) is 14.8 Å². The molecule has 51 heavy (non-hydrogen) atoms. The van der Waals surface area contributed by atoms with Gasteiger partial charge in [-0.15, -0.1) is 11.3 Å². The SMILES string of the molecule is COC(=O)C1=C(CN2CCN3C(=O)N(c4ccc(-c5ccc(C(=O)O)c(F)c5)c(F)c4)C[C@@H]3C2)NC(c2nccs2)=NC1c1ccc(F)cc1Cl. The number of hydrogen-bond donors (Lipinski definition) is 2. The number of piperazine rings is 1. The van der Waals surface area contributed by atoms with Crippen molar-refractivity contribution in [2.24, 2.45) is 4.99 Å². The van der Waals surface area contributed by atoms with Crippen LogP contribution in [-0.2, 0) is 9.53 Å². The molecule has 2 atom stereocenters. The van der Waals surface area contributed by atoms with Crippen molar-refractivity contribution in [2.45, 2.75) is 12.1 Å². The summed E-state index contributed by atoms with van der Waals surface area (Å²) in [5.74, 6) is -3.89. The lowest BCUT2D eigenvalue weighted by atomic mass is 9.95. The predicted molar refractivity (Wildman–Crippen MR) is 183 cm³/mol. The van der Waals surface area contributed by atoms with E-state index in [1.165, 1.54) is 53.7 Å². The summed E-state index contributed by atoms with van der Waals surface area (Å²) in [4.78, 5) is 52.5. The minimum atomic E-state index is -1.43. The number of carboxylic acids is 1. The highest BCUT2D eigenvalue weighted by Gasteiger charge is 2.42. The average Bonchev–Trinajstić information content (AvgIpc) is 3.76. The number of carboxylic acid groups (broad SMARTS) is 1. The zero-order valence-corrected chi connectivity index (χ0v) is 28.3. The first kappa shape index (κ1) is 34.2. The molecule has 0 spiro atoms. The maximum atomic E-state index is 15.4. The molecule has 0 radical (unpaired) electrons. The molecule has 3 aliphatic rings. The van der Waals surface area contributed by atoms with E-state index in [4.69, 9.17) is 26.4 Å². The van der Waals surface area contributed by atoms with Crippen molar-refractivity contribution < 1.29 is 37.4 Å². The van der Waals surface area contributed by atoms with Crippen molar-refractivity contribution >= 4 is 52.4 Å². The number of aromatic carboxylic acids is 1. The fraction of sp³-hybridized carbons (Fsp3) is 0.229. The van der Waals surface area contributed by atoms with Gasteiger partial charge in [0.05, 0.1) is 24.3 Å². The molecule has 1 aromatic heterocycles. The number of methoxy groups -OCH3 is 1. The van der Waals surface area contributed by atoms with Crippen molar-refractivity contribution in [3.8, 4) is 11.1 Å². The van der Waals surface area contributed by atoms with E-state index in [2.05, 4.69) is 15.2 Å². The van der Waals surface area contributed by atoms with Crippen LogP contribution in [0.4, 0.5) is 23.7 Å². The Hall–Kier alpha value is -5.25. The Balaban J connectivity index is 1.13. The molecule has 3 aliphatic heterocycles. The van der Waals surface area contributed by atoms with Crippen LogP contribution in [0.3, 0.4) is 0 Å². The lowest BCUT2D eigenvalue weighted by Gasteiger charge is -2.38. The van der Waals surface area contributed by atoms with Gasteiger partial charge < -0.3 is 20.1 Å². The van der Waals surface area contributed by atoms with Crippen LogP contribution in [0, 0.1) is 17.5 Å². The second-order valence-electron chi connectivity index (χ2n) is 12.0. The number of esters is 1. The number of rotatable bonds is 8. The monoisotopic (exact) mass is 736 g/mol. The normalized spacial score (nSPS) is 19.2. The highest BCUT2D eigenvalue weighted by Crippen LogP contribution is 2.37. The summed E-state index contributed by atoms with van der Waals surface area (Å²) in [5.41, 5.74) is 1.11. The highest BCUT2D eigenvalue weighted by atomic mass is 35.5. The molecule has 2 amide bonds. The van der Waals surface area contributed by atoms with Crippen molar-refractivity contribution in [1.82, 2.24) is 20.1 Å². The molecule has 262 valence electrons. The van der Waals surface area contributed by atoms with E-state index in [0.717, 1.165) is 18.2 Å². The molecule has 0 aliphatic carbocycles. The van der Waals surface area contributed by atoms with Gasteiger partial charge in [-0.25, -0.2) is 32.5 Å². The number of amides is 2. The number of nitrogens with one attached hydrogen (secondary N) is 1. The van der Waals surface area contributed by atoms with Gasteiger partial charge in [0.1, 0.15) is 23.5 Å². The van der Waals surface area contributed by atoms with Crippen LogP contribution >= 0.6 is 22.9 Å². The second-order valence-corrected chi connectivity index (χ2v) is 13.3. The number of anilines is 1. The number of benzene rings is 3. The lowest BCUT2D eigenvalue weighted by Crippen LogP contribution is -2.53. The van der Waals surface area contributed by atoms with Crippen molar-refractivity contribution in [1.29, 1.82) is 0 Å². The smallest absolute Gasteiger partial charge is 0.338 e. The van der Waals surface area contributed by atoms with Gasteiger partial charge >= 0.3 is 18.0 Å². The topological polar surface area (TPSA) is 128 Å². The number of fused-ring (bicyclic) bond motifs is 1. The first-order chi connectivity index (χ1) is 24.5. The number of amidine groups is 1. The van der Waals surface area contributed by atoms with Crippen LogP contribution in [0.25, 0.3) is 11.1 Å². The summed E-state index contributed by atoms with van der Waals surface area (Å²) in [7, 11) is 1.26. The van der Waals surface area contributed by atoms with Gasteiger partial charge in [-0.1, -0.05) is 23.7 Å². The van der Waals surface area contributed by atoms with Gasteiger partial charge in [0.25, 0.3) is 0 Å². The van der Waals surface area contributed by atoms with Gasteiger partial charge in [-0.2, -0.15) is 0 Å². The molecule has 0 saturated carbocycles. The number of carbonyl (C=O) groups excluding carboxylic acids is 2. The quantitative estimate of drug-likeness (QED) is 0.220. The van der Waals surface area contributed by atoms with E-state index in [-0.39, 0.29) is 46.9 Å². The zero-order valence-electron chi connectivity index (χ0n) is 26.8. The van der Waals surface area contributed by atoms with Gasteiger partial charge in [0, 0.05) is 71.8 Å². The summed E-state index contributed by atoms with van der Waals surface area (Å²) in [6.07, 6.45) is 1.63. The van der Waals surface area contributed by atoms with Gasteiger partial charge in [0.2, 0.25) is 0 Å². The Kier molecular flexibility index (Phi) is 9.26. The number of halogens is 4. The fourth-order valence-corrected chi connectivity index (χ4v) is 7.44. The van der Waals surface area contributed by atoms with Gasteiger partial charge in [-0.05, 0) is 48.0 Å². The van der Waals surface area contributed by atoms with Crippen LogP contribution in [-0.4, -0.2) is 89.6 Å². The molecule has 1 unspecified atom stereocenters. The molecular weight excluding hydrogens is 709 g/mol. The third-order valence-corrected chi connectivity index (χ3v) is 10.1. The van der Waals surface area contributed by atoms with E-state index in [0.29, 0.717) is 47.4 Å². The number of aliphatic imine (C=N–C) groups is 1. The molecule has 7 rings (SSSR count). The number of thiazole rings is 1. The van der Waals surface area contributed by atoms with Crippen molar-refractivity contribution in [3.05, 3.63) is 116 Å². The molecule has 2 N–H and O–H groups in total. The van der Waals surface area contributed by atoms with E-state index >= 15 is 4.39 Å². The Morgan fingerprint density at radius 2 is 1.88 bits per heavy atom. The largest absolute Gasteiger partial charge is 0.478 e. The number of hydrogen-bond acceptors (Lipinski definition) is 9. The van der Waals surface area contributed by atoms with Crippen molar-refractivity contribution in [2.75, 3.05) is 44.7 Å². The summed E-state index contributed by atoms with van der Waals surface area (Å²) in [5, 5.41) is 14.8.